The van der Waals surface area contributed by atoms with E-state index in [1.807, 2.05) is 21.7 Å². The number of carbonyl (C=O) groups excluding carboxylic acids is 1. The summed E-state index contributed by atoms with van der Waals surface area (Å²) in [6.07, 6.45) is 3.52. The summed E-state index contributed by atoms with van der Waals surface area (Å²) in [4.78, 5) is 13.6. The van der Waals surface area contributed by atoms with Crippen molar-refractivity contribution in [2.75, 3.05) is 18.4 Å². The van der Waals surface area contributed by atoms with Crippen LogP contribution in [0.2, 0.25) is 0 Å². The molecule has 1 fully saturated rings. The van der Waals surface area contributed by atoms with Gasteiger partial charge >= 0.3 is 6.03 Å². The standard InChI is InChI=1S/C10H14N2OS/c13-10(11-9-4-7-14-8-9)12-5-2-1-3-6-12/h4,7-8H,1-3,5-6H2,(H,11,13). The van der Waals surface area contributed by atoms with Crippen LogP contribution in [0.25, 0.3) is 0 Å². The molecule has 2 heterocycles. The normalized spacial score (nSPS) is 16.7. The maximum atomic E-state index is 11.7. The Morgan fingerprint density at radius 1 is 1.36 bits per heavy atom. The zero-order chi connectivity index (χ0) is 9.80. The molecule has 14 heavy (non-hydrogen) atoms. The zero-order valence-corrected chi connectivity index (χ0v) is 8.85. The number of nitrogens with zero attached hydrogens (tertiary/aromatic N) is 1. The third-order valence-corrected chi connectivity index (χ3v) is 3.10. The number of rotatable bonds is 1. The molecule has 0 aromatic carbocycles. The predicted molar refractivity (Wildman–Crippen MR) is 58.8 cm³/mol. The molecule has 3 nitrogen and oxygen atoms in total. The molecule has 1 aliphatic rings. The van der Waals surface area contributed by atoms with Gasteiger partial charge in [0.15, 0.2) is 0 Å². The molecule has 0 saturated carbocycles. The van der Waals surface area contributed by atoms with E-state index in [1.54, 1.807) is 11.3 Å². The van der Waals surface area contributed by atoms with Crippen molar-refractivity contribution in [3.05, 3.63) is 16.8 Å². The van der Waals surface area contributed by atoms with Crippen LogP contribution in [-0.4, -0.2) is 24.0 Å². The van der Waals surface area contributed by atoms with E-state index in [9.17, 15) is 4.79 Å². The van der Waals surface area contributed by atoms with E-state index in [1.165, 1.54) is 6.42 Å². The fourth-order valence-corrected chi connectivity index (χ4v) is 2.22. The summed E-state index contributed by atoms with van der Waals surface area (Å²) >= 11 is 1.59. The molecule has 2 rings (SSSR count). The first-order chi connectivity index (χ1) is 6.86. The van der Waals surface area contributed by atoms with Crippen LogP contribution in [0, 0.1) is 0 Å². The molecule has 1 saturated heterocycles. The number of amides is 2. The first kappa shape index (κ1) is 9.52. The fraction of sp³-hybridized carbons (Fsp3) is 0.500. The van der Waals surface area contributed by atoms with Crippen molar-refractivity contribution >= 4 is 23.1 Å². The van der Waals surface area contributed by atoms with Crippen molar-refractivity contribution in [1.29, 1.82) is 0 Å². The highest BCUT2D eigenvalue weighted by molar-refractivity contribution is 7.08. The zero-order valence-electron chi connectivity index (χ0n) is 8.03. The molecule has 1 aromatic rings. The number of hydrogen-bond donors (Lipinski definition) is 1. The van der Waals surface area contributed by atoms with Gasteiger partial charge in [-0.1, -0.05) is 0 Å². The van der Waals surface area contributed by atoms with E-state index in [0.717, 1.165) is 31.6 Å². The van der Waals surface area contributed by atoms with Crippen LogP contribution in [0.4, 0.5) is 10.5 Å². The molecule has 76 valence electrons. The van der Waals surface area contributed by atoms with Crippen molar-refractivity contribution in [2.24, 2.45) is 0 Å². The lowest BCUT2D eigenvalue weighted by molar-refractivity contribution is 0.200. The third kappa shape index (κ3) is 2.26. The number of likely N-dealkylation sites (tertiary alicyclic amines) is 1. The molecule has 0 aliphatic carbocycles. The van der Waals surface area contributed by atoms with Crippen LogP contribution in [0.15, 0.2) is 16.8 Å². The average molecular weight is 210 g/mol. The summed E-state index contributed by atoms with van der Waals surface area (Å²) in [5, 5.41) is 6.80. The van der Waals surface area contributed by atoms with Gasteiger partial charge in [0.25, 0.3) is 0 Å². The number of carbonyl (C=O) groups is 1. The minimum absolute atomic E-state index is 0.0445. The molecular formula is C10H14N2OS. The first-order valence-electron chi connectivity index (χ1n) is 4.94. The molecule has 2 amide bonds. The van der Waals surface area contributed by atoms with Crippen LogP contribution in [0.1, 0.15) is 19.3 Å². The number of anilines is 1. The summed E-state index contributed by atoms with van der Waals surface area (Å²) in [7, 11) is 0. The third-order valence-electron chi connectivity index (χ3n) is 2.42. The molecule has 1 aromatic heterocycles. The van der Waals surface area contributed by atoms with Crippen molar-refractivity contribution in [1.82, 2.24) is 4.90 Å². The summed E-state index contributed by atoms with van der Waals surface area (Å²) in [5.41, 5.74) is 0.908. The first-order valence-corrected chi connectivity index (χ1v) is 5.89. The van der Waals surface area contributed by atoms with Crippen LogP contribution in [-0.2, 0) is 0 Å². The van der Waals surface area contributed by atoms with Crippen LogP contribution in [0.3, 0.4) is 0 Å². The smallest absolute Gasteiger partial charge is 0.321 e. The number of nitrogens with one attached hydrogen (secondary N) is 1. The highest BCUT2D eigenvalue weighted by atomic mass is 32.1. The van der Waals surface area contributed by atoms with Gasteiger partial charge in [-0.25, -0.2) is 4.79 Å². The summed E-state index contributed by atoms with van der Waals surface area (Å²) in [6.45, 7) is 1.80. The lowest BCUT2D eigenvalue weighted by atomic mass is 10.1. The Morgan fingerprint density at radius 3 is 2.79 bits per heavy atom. The molecule has 0 radical (unpaired) electrons. The van der Waals surface area contributed by atoms with Gasteiger partial charge in [0.1, 0.15) is 0 Å². The lowest BCUT2D eigenvalue weighted by Gasteiger charge is -2.26. The summed E-state index contributed by atoms with van der Waals surface area (Å²) < 4.78 is 0. The maximum Gasteiger partial charge on any atom is 0.321 e. The Hall–Kier alpha value is -1.03. The van der Waals surface area contributed by atoms with Crippen molar-refractivity contribution in [3.8, 4) is 0 Å². The highest BCUT2D eigenvalue weighted by Gasteiger charge is 2.15. The Labute approximate surface area is 87.7 Å². The molecule has 0 bridgehead atoms. The van der Waals surface area contributed by atoms with Gasteiger partial charge in [0.05, 0.1) is 5.69 Å². The van der Waals surface area contributed by atoms with Gasteiger partial charge in [0.2, 0.25) is 0 Å². The minimum Gasteiger partial charge on any atom is -0.325 e. The van der Waals surface area contributed by atoms with E-state index in [2.05, 4.69) is 5.32 Å². The van der Waals surface area contributed by atoms with Gasteiger partial charge in [-0.2, -0.15) is 11.3 Å². The van der Waals surface area contributed by atoms with Crippen LogP contribution < -0.4 is 5.32 Å². The second-order valence-electron chi connectivity index (χ2n) is 3.49. The number of piperidine rings is 1. The van der Waals surface area contributed by atoms with Crippen LogP contribution in [0.5, 0.6) is 0 Å². The van der Waals surface area contributed by atoms with Crippen LogP contribution >= 0.6 is 11.3 Å². The van der Waals surface area contributed by atoms with Crippen molar-refractivity contribution in [2.45, 2.75) is 19.3 Å². The van der Waals surface area contributed by atoms with Gasteiger partial charge in [0, 0.05) is 18.5 Å². The second kappa shape index (κ2) is 4.46. The van der Waals surface area contributed by atoms with E-state index in [-0.39, 0.29) is 6.03 Å². The van der Waals surface area contributed by atoms with Crippen molar-refractivity contribution < 1.29 is 4.79 Å². The van der Waals surface area contributed by atoms with Crippen molar-refractivity contribution in [3.63, 3.8) is 0 Å². The molecule has 0 unspecified atom stereocenters. The van der Waals surface area contributed by atoms with Gasteiger partial charge in [-0.3, -0.25) is 0 Å². The number of hydrogen-bond acceptors (Lipinski definition) is 2. The van der Waals surface area contributed by atoms with Gasteiger partial charge < -0.3 is 10.2 Å². The molecular weight excluding hydrogens is 196 g/mol. The minimum atomic E-state index is 0.0445. The molecule has 0 spiro atoms. The largest absolute Gasteiger partial charge is 0.325 e. The van der Waals surface area contributed by atoms with Gasteiger partial charge in [-0.15, -0.1) is 0 Å². The monoisotopic (exact) mass is 210 g/mol. The Kier molecular flexibility index (Phi) is 3.03. The fourth-order valence-electron chi connectivity index (χ4n) is 1.64. The number of urea groups is 1. The predicted octanol–water partition coefficient (Wildman–Crippen LogP) is 2.77. The molecule has 0 atom stereocenters. The second-order valence-corrected chi connectivity index (χ2v) is 4.27. The average Bonchev–Trinajstić information content (AvgIpc) is 2.72. The SMILES string of the molecule is O=C(Nc1ccsc1)N1CCCCC1. The van der Waals surface area contributed by atoms with E-state index in [0.29, 0.717) is 0 Å². The summed E-state index contributed by atoms with van der Waals surface area (Å²) in [5.74, 6) is 0. The Morgan fingerprint density at radius 2 is 2.14 bits per heavy atom. The Balaban J connectivity index is 1.88. The van der Waals surface area contributed by atoms with Gasteiger partial charge in [-0.05, 0) is 30.7 Å². The van der Waals surface area contributed by atoms with E-state index < -0.39 is 0 Å². The summed E-state index contributed by atoms with van der Waals surface area (Å²) in [6, 6.07) is 1.97. The molecule has 4 heteroatoms. The molecule has 1 aliphatic heterocycles. The molecule has 1 N–H and O–H groups in total. The maximum absolute atomic E-state index is 11.7. The lowest BCUT2D eigenvalue weighted by Crippen LogP contribution is -2.38. The highest BCUT2D eigenvalue weighted by Crippen LogP contribution is 2.14. The Bertz CT molecular complexity index is 291. The number of thiophene rings is 1. The quantitative estimate of drug-likeness (QED) is 0.759. The van der Waals surface area contributed by atoms with E-state index in [4.69, 9.17) is 0 Å². The van der Waals surface area contributed by atoms with E-state index >= 15 is 0 Å². The topological polar surface area (TPSA) is 32.3 Å².